The second-order valence-electron chi connectivity index (χ2n) is 11.8. The molecule has 0 saturated heterocycles. The summed E-state index contributed by atoms with van der Waals surface area (Å²) in [6.07, 6.45) is -0.678. The van der Waals surface area contributed by atoms with Crippen LogP contribution in [-0.2, 0) is 8.98 Å². The second kappa shape index (κ2) is 12.4. The van der Waals surface area contributed by atoms with E-state index in [0.717, 1.165) is 0 Å². The van der Waals surface area contributed by atoms with Crippen LogP contribution in [0, 0.1) is 0 Å². The molecule has 0 amide bonds. The molecule has 0 spiro atoms. The van der Waals surface area contributed by atoms with E-state index in [9.17, 15) is 61.9 Å². The Morgan fingerprint density at radius 2 is 0.705 bits per heavy atom. The molecule has 0 aromatic heterocycles. The number of hydrogen-bond donors (Lipinski definition) is 0. The molecule has 18 heteroatoms. The molecule has 0 N–H and O–H groups in total. The Bertz CT molecular complexity index is 950. The van der Waals surface area contributed by atoms with Gasteiger partial charge >= 0.3 is 47.7 Å². The minimum atomic E-state index is -8.44. The third-order valence-electron chi connectivity index (χ3n) is 9.02. The van der Waals surface area contributed by atoms with Crippen molar-refractivity contribution in [1.82, 2.24) is 0 Å². The molecular weight excluding hydrogens is 661 g/mol. The van der Waals surface area contributed by atoms with Gasteiger partial charge in [-0.25, -0.2) is 4.79 Å². The standard InChI is InChI=1S/C26H33F15O2S/c27-20(28,21(29,30)22(31,32)23(33,34)24(35,36)25(37,38)26(39,40)41)19(42)43-44(16-10-4-1-5-11-16,17-12-6-2-7-13-17)18-14-8-3-9-15-18/h16-18H,1-15H2. The first-order valence-corrected chi connectivity index (χ1v) is 16.1. The van der Waals surface area contributed by atoms with Crippen LogP contribution in [-0.4, -0.2) is 63.4 Å². The van der Waals surface area contributed by atoms with Crippen LogP contribution in [0.4, 0.5) is 65.9 Å². The van der Waals surface area contributed by atoms with E-state index in [1.54, 1.807) is 0 Å². The first-order chi connectivity index (χ1) is 19.9. The number of carbonyl (C=O) groups is 1. The fraction of sp³-hybridized carbons (Fsp3) is 0.962. The van der Waals surface area contributed by atoms with Crippen molar-refractivity contribution in [2.24, 2.45) is 0 Å². The average Bonchev–Trinajstić information content (AvgIpc) is 2.96. The summed E-state index contributed by atoms with van der Waals surface area (Å²) in [5.41, 5.74) is 0. The topological polar surface area (TPSA) is 26.3 Å². The van der Waals surface area contributed by atoms with Crippen LogP contribution < -0.4 is 0 Å². The first kappa shape index (κ1) is 37.2. The van der Waals surface area contributed by atoms with E-state index < -0.39 is 73.7 Å². The van der Waals surface area contributed by atoms with Gasteiger partial charge in [-0.15, -0.1) is 0 Å². The number of rotatable bonds is 10. The van der Waals surface area contributed by atoms with Crippen molar-refractivity contribution < 1.29 is 74.8 Å². The molecule has 3 aliphatic carbocycles. The Balaban J connectivity index is 2.09. The maximum atomic E-state index is 15.1. The minimum Gasteiger partial charge on any atom is -0.410 e. The van der Waals surface area contributed by atoms with Crippen molar-refractivity contribution in [3.63, 3.8) is 0 Å². The lowest BCUT2D eigenvalue weighted by Crippen LogP contribution is -2.73. The van der Waals surface area contributed by atoms with Crippen LogP contribution in [0.3, 0.4) is 0 Å². The monoisotopic (exact) mass is 694 g/mol. The van der Waals surface area contributed by atoms with Crippen LogP contribution in [0.1, 0.15) is 96.3 Å². The second-order valence-corrected chi connectivity index (χ2v) is 15.4. The highest BCUT2D eigenvalue weighted by molar-refractivity contribution is 8.31. The summed E-state index contributed by atoms with van der Waals surface area (Å²) in [6.45, 7) is 0. The predicted molar refractivity (Wildman–Crippen MR) is 130 cm³/mol. The lowest BCUT2D eigenvalue weighted by atomic mass is 9.91. The van der Waals surface area contributed by atoms with Gasteiger partial charge in [-0.05, 0) is 38.5 Å². The Morgan fingerprint density at radius 3 is 1.00 bits per heavy atom. The fourth-order valence-electron chi connectivity index (χ4n) is 6.60. The molecule has 3 aliphatic rings. The molecule has 0 aliphatic heterocycles. The maximum Gasteiger partial charge on any atom is 0.460 e. The lowest BCUT2D eigenvalue weighted by Gasteiger charge is -2.58. The van der Waals surface area contributed by atoms with Crippen molar-refractivity contribution in [3.05, 3.63) is 0 Å². The zero-order valence-corrected chi connectivity index (χ0v) is 24.0. The SMILES string of the molecule is O=C(OS(C1CCCCC1)(C1CCCCC1)C1CCCCC1)C(F)(F)C(F)(F)C(F)(F)C(F)(F)C(F)(F)C(F)(F)C(F)(F)F. The highest BCUT2D eigenvalue weighted by Gasteiger charge is 2.94. The van der Waals surface area contributed by atoms with Crippen LogP contribution in [0.5, 0.6) is 0 Å². The molecule has 44 heavy (non-hydrogen) atoms. The van der Waals surface area contributed by atoms with Gasteiger partial charge in [0.1, 0.15) is 0 Å². The minimum absolute atomic E-state index is 0.296. The third-order valence-corrected chi connectivity index (χ3v) is 14.0. The molecule has 3 rings (SSSR count). The quantitative estimate of drug-likeness (QED) is 0.213. The number of halogens is 15. The summed E-state index contributed by atoms with van der Waals surface area (Å²) < 4.78 is 213. The molecule has 3 fully saturated rings. The van der Waals surface area contributed by atoms with Crippen LogP contribution in [0.15, 0.2) is 0 Å². The molecule has 260 valence electrons. The van der Waals surface area contributed by atoms with Crippen LogP contribution in [0.2, 0.25) is 0 Å². The highest BCUT2D eigenvalue weighted by atomic mass is 32.3. The Kier molecular flexibility index (Phi) is 10.5. The van der Waals surface area contributed by atoms with E-state index in [2.05, 4.69) is 0 Å². The normalized spacial score (nSPS) is 22.6. The number of hydrogen-bond acceptors (Lipinski definition) is 2. The van der Waals surface area contributed by atoms with Crippen LogP contribution >= 0.6 is 10.3 Å². The molecule has 0 radical (unpaired) electrons. The molecule has 0 unspecified atom stereocenters. The molecule has 0 bridgehead atoms. The van der Waals surface area contributed by atoms with Crippen molar-refractivity contribution in [2.75, 3.05) is 0 Å². The van der Waals surface area contributed by atoms with Crippen LogP contribution in [0.25, 0.3) is 0 Å². The molecule has 0 aromatic rings. The predicted octanol–water partition coefficient (Wildman–Crippen LogP) is 10.6. The molecule has 0 heterocycles. The van der Waals surface area contributed by atoms with Gasteiger partial charge in [-0.1, -0.05) is 68.1 Å². The van der Waals surface area contributed by atoms with Crippen molar-refractivity contribution in [2.45, 2.75) is 154 Å². The summed E-state index contributed by atoms with van der Waals surface area (Å²) >= 11 is 0. The zero-order valence-electron chi connectivity index (χ0n) is 23.2. The first-order valence-electron chi connectivity index (χ1n) is 14.3. The Morgan fingerprint density at radius 1 is 0.432 bits per heavy atom. The fourth-order valence-corrected chi connectivity index (χ4v) is 12.2. The summed E-state index contributed by atoms with van der Waals surface area (Å²) in [7, 11) is -3.21. The van der Waals surface area contributed by atoms with Gasteiger partial charge in [-0.2, -0.15) is 65.9 Å². The lowest BCUT2D eigenvalue weighted by molar-refractivity contribution is -0.450. The smallest absolute Gasteiger partial charge is 0.410 e. The van der Waals surface area contributed by atoms with E-state index >= 15 is 8.78 Å². The van der Waals surface area contributed by atoms with E-state index in [4.69, 9.17) is 4.18 Å². The molecular formula is C26H33F15O2S. The van der Waals surface area contributed by atoms with E-state index in [-0.39, 0.29) is 0 Å². The van der Waals surface area contributed by atoms with Crippen molar-refractivity contribution in [1.29, 1.82) is 0 Å². The van der Waals surface area contributed by atoms with E-state index in [1.165, 1.54) is 0 Å². The maximum absolute atomic E-state index is 15.1. The van der Waals surface area contributed by atoms with E-state index in [0.29, 0.717) is 96.3 Å². The highest BCUT2D eigenvalue weighted by Crippen LogP contribution is 2.71. The van der Waals surface area contributed by atoms with Gasteiger partial charge in [0.25, 0.3) is 0 Å². The molecule has 2 nitrogen and oxygen atoms in total. The molecule has 0 aromatic carbocycles. The van der Waals surface area contributed by atoms with E-state index in [1.807, 2.05) is 0 Å². The van der Waals surface area contributed by atoms with Gasteiger partial charge in [0, 0.05) is 15.7 Å². The third kappa shape index (κ3) is 5.76. The summed E-state index contributed by atoms with van der Waals surface area (Å²) in [4.78, 5) is 12.9. The van der Waals surface area contributed by atoms with Crippen molar-refractivity contribution in [3.8, 4) is 0 Å². The summed E-state index contributed by atoms with van der Waals surface area (Å²) in [6, 6.07) is 0. The Labute approximate surface area is 245 Å². The van der Waals surface area contributed by atoms with Gasteiger partial charge in [0.15, 0.2) is 0 Å². The Hall–Kier alpha value is -1.23. The summed E-state index contributed by atoms with van der Waals surface area (Å²) in [5.74, 6) is -51.5. The average molecular weight is 695 g/mol. The van der Waals surface area contributed by atoms with Gasteiger partial charge in [-0.3, -0.25) is 0 Å². The molecule has 3 saturated carbocycles. The zero-order chi connectivity index (χ0) is 33.6. The van der Waals surface area contributed by atoms with Gasteiger partial charge < -0.3 is 4.18 Å². The van der Waals surface area contributed by atoms with Crippen molar-refractivity contribution >= 4 is 16.3 Å². The number of alkyl halides is 15. The van der Waals surface area contributed by atoms with Gasteiger partial charge in [0.2, 0.25) is 0 Å². The summed E-state index contributed by atoms with van der Waals surface area (Å²) in [5, 5.41) is -1.94. The number of carbonyl (C=O) groups excluding carboxylic acids is 1. The largest absolute Gasteiger partial charge is 0.460 e. The molecule has 0 atom stereocenters. The van der Waals surface area contributed by atoms with Gasteiger partial charge in [0.05, 0.1) is 0 Å².